The van der Waals surface area contributed by atoms with E-state index in [9.17, 15) is 9.59 Å². The normalized spacial score (nSPS) is 19.0. The molecule has 0 aromatic rings. The molecular formula is C10H19N3O2. The maximum absolute atomic E-state index is 11.9. The first-order valence-corrected chi connectivity index (χ1v) is 5.41. The Morgan fingerprint density at radius 3 is 2.73 bits per heavy atom. The molecule has 1 unspecified atom stereocenters. The maximum atomic E-state index is 11.9. The van der Waals surface area contributed by atoms with Crippen molar-refractivity contribution < 1.29 is 9.59 Å². The fraction of sp³-hybridized carbons (Fsp3) is 0.800. The van der Waals surface area contributed by atoms with Crippen LogP contribution in [0.1, 0.15) is 26.7 Å². The molecule has 1 N–H and O–H groups in total. The van der Waals surface area contributed by atoms with Gasteiger partial charge in [0, 0.05) is 26.2 Å². The summed E-state index contributed by atoms with van der Waals surface area (Å²) in [6.45, 7) is 5.31. The van der Waals surface area contributed by atoms with E-state index in [2.05, 4.69) is 5.32 Å². The van der Waals surface area contributed by atoms with E-state index in [1.165, 1.54) is 11.9 Å². The smallest absolute Gasteiger partial charge is 0.328 e. The Morgan fingerprint density at radius 1 is 1.53 bits per heavy atom. The zero-order valence-corrected chi connectivity index (χ0v) is 9.62. The van der Waals surface area contributed by atoms with Crippen LogP contribution in [0.3, 0.4) is 0 Å². The van der Waals surface area contributed by atoms with Crippen LogP contribution in [0.2, 0.25) is 0 Å². The highest BCUT2D eigenvalue weighted by atomic mass is 16.2. The number of carbonyl (C=O) groups excluding carboxylic acids is 2. The van der Waals surface area contributed by atoms with E-state index in [0.717, 1.165) is 19.4 Å². The van der Waals surface area contributed by atoms with Gasteiger partial charge in [0.15, 0.2) is 0 Å². The molecule has 0 aromatic carbocycles. The molecule has 1 saturated heterocycles. The molecular weight excluding hydrogens is 194 g/mol. The lowest BCUT2D eigenvalue weighted by Gasteiger charge is -2.37. The van der Waals surface area contributed by atoms with Gasteiger partial charge in [-0.25, -0.2) is 14.5 Å². The molecule has 1 aliphatic heterocycles. The molecule has 0 aromatic heterocycles. The predicted octanol–water partition coefficient (Wildman–Crippen LogP) is 1.25. The highest BCUT2D eigenvalue weighted by Gasteiger charge is 2.31. The Hall–Kier alpha value is -1.26. The summed E-state index contributed by atoms with van der Waals surface area (Å²) in [5.41, 5.74) is 0. The lowest BCUT2D eigenvalue weighted by Crippen LogP contribution is -2.56. The summed E-state index contributed by atoms with van der Waals surface area (Å²) in [4.78, 5) is 26.4. The van der Waals surface area contributed by atoms with Crippen molar-refractivity contribution in [2.75, 3.05) is 20.1 Å². The molecule has 1 heterocycles. The van der Waals surface area contributed by atoms with E-state index in [1.54, 1.807) is 4.90 Å². The van der Waals surface area contributed by atoms with Gasteiger partial charge in [-0.15, -0.1) is 0 Å². The first-order chi connectivity index (χ1) is 7.11. The lowest BCUT2D eigenvalue weighted by atomic mass is 10.2. The largest absolute Gasteiger partial charge is 0.341 e. The molecule has 15 heavy (non-hydrogen) atoms. The number of hydrogen-bond donors (Lipinski definition) is 1. The highest BCUT2D eigenvalue weighted by Crippen LogP contribution is 2.14. The third-order valence-electron chi connectivity index (χ3n) is 2.84. The molecule has 4 amide bonds. The summed E-state index contributed by atoms with van der Waals surface area (Å²) >= 11 is 0. The Morgan fingerprint density at radius 2 is 2.20 bits per heavy atom. The zero-order chi connectivity index (χ0) is 11.4. The average Bonchev–Trinajstić information content (AvgIpc) is 2.27. The molecule has 0 saturated carbocycles. The van der Waals surface area contributed by atoms with Crippen LogP contribution in [0.5, 0.6) is 0 Å². The van der Waals surface area contributed by atoms with E-state index in [-0.39, 0.29) is 18.1 Å². The molecule has 5 nitrogen and oxygen atoms in total. The molecule has 1 aliphatic rings. The molecule has 5 heteroatoms. The summed E-state index contributed by atoms with van der Waals surface area (Å²) in [5, 5.41) is 2.48. The Kier molecular flexibility index (Phi) is 3.94. The van der Waals surface area contributed by atoms with Crippen LogP contribution in [-0.2, 0) is 0 Å². The second-order valence-electron chi connectivity index (χ2n) is 3.79. The van der Waals surface area contributed by atoms with Gasteiger partial charge in [0.2, 0.25) is 0 Å². The average molecular weight is 213 g/mol. The van der Waals surface area contributed by atoms with Gasteiger partial charge in [0.1, 0.15) is 0 Å². The SMILES string of the molecule is CCC(C)N1CCCN(C(=O)NC)C1=O. The molecule has 0 spiro atoms. The van der Waals surface area contributed by atoms with Crippen LogP contribution < -0.4 is 5.32 Å². The van der Waals surface area contributed by atoms with Crippen molar-refractivity contribution in [3.05, 3.63) is 0 Å². The first-order valence-electron chi connectivity index (χ1n) is 5.41. The number of nitrogens with one attached hydrogen (secondary N) is 1. The van der Waals surface area contributed by atoms with Crippen molar-refractivity contribution in [3.8, 4) is 0 Å². The number of nitrogens with zero attached hydrogens (tertiary/aromatic N) is 2. The summed E-state index contributed by atoms with van der Waals surface area (Å²) in [6, 6.07) is -0.284. The maximum Gasteiger partial charge on any atom is 0.328 e. The van der Waals surface area contributed by atoms with Gasteiger partial charge in [0.25, 0.3) is 0 Å². The minimum Gasteiger partial charge on any atom is -0.341 e. The van der Waals surface area contributed by atoms with Crippen LogP contribution in [-0.4, -0.2) is 48.0 Å². The number of rotatable bonds is 2. The van der Waals surface area contributed by atoms with Crippen molar-refractivity contribution in [3.63, 3.8) is 0 Å². The van der Waals surface area contributed by atoms with Crippen LogP contribution in [0.25, 0.3) is 0 Å². The van der Waals surface area contributed by atoms with Gasteiger partial charge < -0.3 is 10.2 Å². The summed E-state index contributed by atoms with van der Waals surface area (Å²) in [5.74, 6) is 0. The van der Waals surface area contributed by atoms with Crippen molar-refractivity contribution >= 4 is 12.1 Å². The standard InChI is InChI=1S/C10H19N3O2/c1-4-8(2)12-6-5-7-13(10(12)15)9(14)11-3/h8H,4-7H2,1-3H3,(H,11,14). The van der Waals surface area contributed by atoms with Gasteiger partial charge in [-0.2, -0.15) is 0 Å². The first kappa shape index (κ1) is 11.8. The minimum absolute atomic E-state index is 0.171. The molecule has 1 fully saturated rings. The van der Waals surface area contributed by atoms with Gasteiger partial charge in [-0.3, -0.25) is 0 Å². The number of urea groups is 2. The third kappa shape index (κ3) is 2.40. The van der Waals surface area contributed by atoms with E-state index in [0.29, 0.717) is 6.54 Å². The number of imide groups is 1. The lowest BCUT2D eigenvalue weighted by molar-refractivity contribution is 0.119. The number of hydrogen-bond acceptors (Lipinski definition) is 2. The molecule has 1 rings (SSSR count). The molecule has 0 radical (unpaired) electrons. The Bertz CT molecular complexity index is 255. The van der Waals surface area contributed by atoms with E-state index < -0.39 is 0 Å². The van der Waals surface area contributed by atoms with Gasteiger partial charge >= 0.3 is 12.1 Å². The molecule has 1 atom stereocenters. The number of carbonyl (C=O) groups is 2. The third-order valence-corrected chi connectivity index (χ3v) is 2.84. The minimum atomic E-state index is -0.312. The quantitative estimate of drug-likeness (QED) is 0.750. The zero-order valence-electron chi connectivity index (χ0n) is 9.62. The summed E-state index contributed by atoms with van der Waals surface area (Å²) in [7, 11) is 1.54. The van der Waals surface area contributed by atoms with Crippen molar-refractivity contribution in [1.29, 1.82) is 0 Å². The van der Waals surface area contributed by atoms with Crippen molar-refractivity contribution in [1.82, 2.24) is 15.1 Å². The second kappa shape index (κ2) is 5.00. The van der Waals surface area contributed by atoms with Crippen molar-refractivity contribution in [2.45, 2.75) is 32.7 Å². The predicted molar refractivity (Wildman–Crippen MR) is 57.6 cm³/mol. The van der Waals surface area contributed by atoms with Crippen LogP contribution in [0.4, 0.5) is 9.59 Å². The van der Waals surface area contributed by atoms with E-state index in [4.69, 9.17) is 0 Å². The fourth-order valence-electron chi connectivity index (χ4n) is 1.70. The van der Waals surface area contributed by atoms with Gasteiger partial charge in [-0.05, 0) is 19.8 Å². The Balaban J connectivity index is 2.71. The van der Waals surface area contributed by atoms with Gasteiger partial charge in [-0.1, -0.05) is 6.92 Å². The molecule has 0 aliphatic carbocycles. The van der Waals surface area contributed by atoms with Crippen LogP contribution >= 0.6 is 0 Å². The summed E-state index contributed by atoms with van der Waals surface area (Å²) < 4.78 is 0. The van der Waals surface area contributed by atoms with E-state index >= 15 is 0 Å². The second-order valence-corrected chi connectivity index (χ2v) is 3.79. The topological polar surface area (TPSA) is 52.6 Å². The van der Waals surface area contributed by atoms with Crippen LogP contribution in [0.15, 0.2) is 0 Å². The number of amides is 4. The molecule has 0 bridgehead atoms. The monoisotopic (exact) mass is 213 g/mol. The summed E-state index contributed by atoms with van der Waals surface area (Å²) in [6.07, 6.45) is 1.76. The fourth-order valence-corrected chi connectivity index (χ4v) is 1.70. The highest BCUT2D eigenvalue weighted by molar-refractivity contribution is 5.94. The molecule has 86 valence electrons. The van der Waals surface area contributed by atoms with Crippen molar-refractivity contribution in [2.24, 2.45) is 0 Å². The Labute approximate surface area is 90.4 Å². The van der Waals surface area contributed by atoms with Crippen LogP contribution in [0, 0.1) is 0 Å². The van der Waals surface area contributed by atoms with E-state index in [1.807, 2.05) is 13.8 Å². The van der Waals surface area contributed by atoms with Gasteiger partial charge in [0.05, 0.1) is 0 Å².